The molecule has 1 aromatic rings. The van der Waals surface area contributed by atoms with E-state index in [-0.39, 0.29) is 18.6 Å². The van der Waals surface area contributed by atoms with Crippen molar-refractivity contribution >= 4 is 5.91 Å². The number of rotatable bonds is 8. The molecular weight excluding hydrogens is 288 g/mol. The molecule has 0 aliphatic rings. The first-order valence-corrected chi connectivity index (χ1v) is 8.50. The summed E-state index contributed by atoms with van der Waals surface area (Å²) in [5.74, 6) is 0.244. The lowest BCUT2D eigenvalue weighted by Crippen LogP contribution is -2.28. The highest BCUT2D eigenvalue weighted by Crippen LogP contribution is 2.03. The first-order valence-electron chi connectivity index (χ1n) is 8.50. The van der Waals surface area contributed by atoms with Gasteiger partial charge in [0.05, 0.1) is 6.61 Å². The van der Waals surface area contributed by atoms with Crippen LogP contribution in [0.1, 0.15) is 50.7 Å². The molecule has 0 saturated carbocycles. The third kappa shape index (κ3) is 11.8. The first kappa shape index (κ1) is 21.6. The smallest absolute Gasteiger partial charge is 0.222 e. The van der Waals surface area contributed by atoms with E-state index in [2.05, 4.69) is 43.4 Å². The Hall–Kier alpha value is -1.39. The Bertz CT molecular complexity index is 433. The van der Waals surface area contributed by atoms with E-state index in [9.17, 15) is 4.79 Å². The topological polar surface area (TPSA) is 52.6 Å². The van der Waals surface area contributed by atoms with E-state index in [4.69, 9.17) is 5.11 Å². The van der Waals surface area contributed by atoms with Gasteiger partial charge in [-0.15, -0.1) is 0 Å². The lowest BCUT2D eigenvalue weighted by molar-refractivity contribution is -0.128. The number of aryl methyl sites for hydroxylation is 1. The minimum atomic E-state index is 0.167. The van der Waals surface area contributed by atoms with Crippen molar-refractivity contribution in [1.82, 2.24) is 10.2 Å². The van der Waals surface area contributed by atoms with Gasteiger partial charge in [-0.2, -0.15) is 0 Å². The van der Waals surface area contributed by atoms with E-state index in [0.29, 0.717) is 6.42 Å². The van der Waals surface area contributed by atoms with Gasteiger partial charge in [-0.1, -0.05) is 49.6 Å². The van der Waals surface area contributed by atoms with Gasteiger partial charge in [0.2, 0.25) is 5.91 Å². The van der Waals surface area contributed by atoms with Gasteiger partial charge in [0.15, 0.2) is 0 Å². The number of unbranched alkanes of at least 4 members (excludes halogenated alkanes) is 2. The summed E-state index contributed by atoms with van der Waals surface area (Å²) in [7, 11) is 3.60. The second kappa shape index (κ2) is 13.1. The zero-order valence-electron chi connectivity index (χ0n) is 15.4. The lowest BCUT2D eigenvalue weighted by Gasteiger charge is -2.10. The van der Waals surface area contributed by atoms with Crippen molar-refractivity contribution in [3.8, 4) is 0 Å². The number of carbonyl (C=O) groups is 1. The molecule has 0 radical (unpaired) electrons. The van der Waals surface area contributed by atoms with Gasteiger partial charge in [0, 0.05) is 33.1 Å². The molecule has 0 aliphatic heterocycles. The number of benzene rings is 1. The first-order chi connectivity index (χ1) is 10.9. The molecule has 0 saturated heterocycles. The van der Waals surface area contributed by atoms with E-state index in [1.807, 2.05) is 6.92 Å². The van der Waals surface area contributed by atoms with Crippen LogP contribution in [0, 0.1) is 6.92 Å². The number of nitrogens with one attached hydrogen (secondary N) is 1. The normalized spacial score (nSPS) is 11.4. The predicted molar refractivity (Wildman–Crippen MR) is 97.4 cm³/mol. The molecule has 1 unspecified atom stereocenters. The second-order valence-corrected chi connectivity index (χ2v) is 6.20. The van der Waals surface area contributed by atoms with Crippen LogP contribution in [0.2, 0.25) is 0 Å². The van der Waals surface area contributed by atoms with Gasteiger partial charge in [0.1, 0.15) is 0 Å². The van der Waals surface area contributed by atoms with E-state index in [0.717, 1.165) is 13.0 Å². The fraction of sp³-hybridized carbons (Fsp3) is 0.632. The molecule has 1 amide bonds. The molecule has 0 spiro atoms. The Morgan fingerprint density at radius 1 is 1.30 bits per heavy atom. The summed E-state index contributed by atoms with van der Waals surface area (Å²) in [4.78, 5) is 12.6. The maximum atomic E-state index is 10.9. The van der Waals surface area contributed by atoms with Crippen LogP contribution in [0.4, 0.5) is 0 Å². The quantitative estimate of drug-likeness (QED) is 0.723. The monoisotopic (exact) mass is 322 g/mol. The molecule has 1 atom stereocenters. The van der Waals surface area contributed by atoms with Crippen LogP contribution in [-0.2, 0) is 11.3 Å². The van der Waals surface area contributed by atoms with Gasteiger partial charge in [-0.25, -0.2) is 0 Å². The molecule has 0 bridgehead atoms. The van der Waals surface area contributed by atoms with Crippen LogP contribution >= 0.6 is 0 Å². The Balaban J connectivity index is 0.000000438. The van der Waals surface area contributed by atoms with Crippen molar-refractivity contribution in [2.75, 3.05) is 20.7 Å². The van der Waals surface area contributed by atoms with Crippen LogP contribution in [0.3, 0.4) is 0 Å². The number of amides is 1. The number of hydrogen-bond acceptors (Lipinski definition) is 3. The van der Waals surface area contributed by atoms with Crippen molar-refractivity contribution in [1.29, 1.82) is 0 Å². The highest BCUT2D eigenvalue weighted by Gasteiger charge is 2.01. The summed E-state index contributed by atoms with van der Waals surface area (Å²) in [6.45, 7) is 7.20. The van der Waals surface area contributed by atoms with Crippen LogP contribution < -0.4 is 5.32 Å². The van der Waals surface area contributed by atoms with E-state index >= 15 is 0 Å². The molecule has 4 heteroatoms. The molecule has 23 heavy (non-hydrogen) atoms. The Kier molecular flexibility index (Phi) is 12.3. The zero-order chi connectivity index (χ0) is 17.7. The van der Waals surface area contributed by atoms with Crippen LogP contribution in [0.5, 0.6) is 0 Å². The number of nitrogens with zero attached hydrogens (tertiary/aromatic N) is 1. The molecule has 2 N–H and O–H groups in total. The summed E-state index contributed by atoms with van der Waals surface area (Å²) in [5, 5.41) is 12.0. The predicted octanol–water partition coefficient (Wildman–Crippen LogP) is 3.12. The summed E-state index contributed by atoms with van der Waals surface area (Å²) in [6.07, 6.45) is 4.09. The SMILES string of the molecule is CCCCCC(=O)N(C)C.Cc1cccc(CNC(C)CO)c1. The highest BCUT2D eigenvalue weighted by molar-refractivity contribution is 5.75. The Labute approximate surface area is 141 Å². The summed E-state index contributed by atoms with van der Waals surface area (Å²) >= 11 is 0. The molecule has 0 heterocycles. The lowest BCUT2D eigenvalue weighted by atomic mass is 10.1. The summed E-state index contributed by atoms with van der Waals surface area (Å²) < 4.78 is 0. The minimum Gasteiger partial charge on any atom is -0.395 e. The number of carbonyl (C=O) groups excluding carboxylic acids is 1. The van der Waals surface area contributed by atoms with E-state index < -0.39 is 0 Å². The average Bonchev–Trinajstić information content (AvgIpc) is 2.53. The van der Waals surface area contributed by atoms with Crippen molar-refractivity contribution in [3.63, 3.8) is 0 Å². The van der Waals surface area contributed by atoms with Crippen LogP contribution in [-0.4, -0.2) is 42.7 Å². The number of aliphatic hydroxyl groups is 1. The van der Waals surface area contributed by atoms with E-state index in [1.54, 1.807) is 19.0 Å². The van der Waals surface area contributed by atoms with Gasteiger partial charge in [-0.3, -0.25) is 4.79 Å². The van der Waals surface area contributed by atoms with Crippen molar-refractivity contribution in [3.05, 3.63) is 35.4 Å². The van der Waals surface area contributed by atoms with Gasteiger partial charge in [-0.05, 0) is 25.8 Å². The fourth-order valence-corrected chi connectivity index (χ4v) is 1.93. The molecule has 0 aliphatic carbocycles. The maximum absolute atomic E-state index is 10.9. The van der Waals surface area contributed by atoms with Crippen LogP contribution in [0.25, 0.3) is 0 Å². The Morgan fingerprint density at radius 2 is 2.00 bits per heavy atom. The van der Waals surface area contributed by atoms with Gasteiger partial charge < -0.3 is 15.3 Å². The molecule has 1 rings (SSSR count). The van der Waals surface area contributed by atoms with Crippen molar-refractivity contribution < 1.29 is 9.90 Å². The molecule has 132 valence electrons. The summed E-state index contributed by atoms with van der Waals surface area (Å²) in [6, 6.07) is 8.54. The largest absolute Gasteiger partial charge is 0.395 e. The molecule has 0 aromatic heterocycles. The molecule has 1 aromatic carbocycles. The molecule has 4 nitrogen and oxygen atoms in total. The third-order valence-electron chi connectivity index (χ3n) is 3.50. The van der Waals surface area contributed by atoms with Gasteiger partial charge >= 0.3 is 0 Å². The maximum Gasteiger partial charge on any atom is 0.222 e. The minimum absolute atomic E-state index is 0.167. The number of hydrogen-bond donors (Lipinski definition) is 2. The number of aliphatic hydroxyl groups excluding tert-OH is 1. The standard InChI is InChI=1S/C11H17NO.C8H17NO/c1-9-4-3-5-11(6-9)7-12-10(2)8-13;1-4-5-6-7-8(10)9(2)3/h3-6,10,12-13H,7-8H2,1-2H3;4-7H2,1-3H3. The average molecular weight is 322 g/mol. The Morgan fingerprint density at radius 3 is 2.52 bits per heavy atom. The van der Waals surface area contributed by atoms with Gasteiger partial charge in [0.25, 0.3) is 0 Å². The fourth-order valence-electron chi connectivity index (χ4n) is 1.93. The van der Waals surface area contributed by atoms with Crippen LogP contribution in [0.15, 0.2) is 24.3 Å². The van der Waals surface area contributed by atoms with Crippen molar-refractivity contribution in [2.24, 2.45) is 0 Å². The second-order valence-electron chi connectivity index (χ2n) is 6.20. The van der Waals surface area contributed by atoms with Crippen molar-refractivity contribution in [2.45, 2.75) is 59.0 Å². The molecular formula is C19H34N2O2. The summed E-state index contributed by atoms with van der Waals surface area (Å²) in [5.41, 5.74) is 2.54. The van der Waals surface area contributed by atoms with E-state index in [1.165, 1.54) is 24.0 Å². The highest BCUT2D eigenvalue weighted by atomic mass is 16.3. The zero-order valence-corrected chi connectivity index (χ0v) is 15.4. The molecule has 0 fully saturated rings. The third-order valence-corrected chi connectivity index (χ3v) is 3.50.